The summed E-state index contributed by atoms with van der Waals surface area (Å²) in [4.78, 5) is 15.3. The number of nitrogens with zero attached hydrogens (tertiary/aromatic N) is 3. The van der Waals surface area contributed by atoms with Crippen LogP contribution in [0.4, 0.5) is 13.2 Å². The molecule has 0 N–H and O–H groups in total. The van der Waals surface area contributed by atoms with Crippen molar-refractivity contribution in [2.24, 2.45) is 14.1 Å². The van der Waals surface area contributed by atoms with Gasteiger partial charge in [0.1, 0.15) is 0 Å². The second kappa shape index (κ2) is 5.14. The molecule has 9 heteroatoms. The van der Waals surface area contributed by atoms with E-state index in [1.807, 2.05) is 0 Å². The van der Waals surface area contributed by atoms with Gasteiger partial charge in [-0.2, -0.15) is 13.2 Å². The number of imidazole rings is 1. The van der Waals surface area contributed by atoms with Crippen LogP contribution in [0, 0.1) is 4.77 Å². The molecule has 0 amide bonds. The number of ether oxygens (including phenoxy) is 1. The van der Waals surface area contributed by atoms with E-state index >= 15 is 0 Å². The SMILES string of the molecule is CCOC(=O)c1cc2c(nc1C(F)(F)F)n(C)c(=S)n2C. The molecule has 0 saturated carbocycles. The van der Waals surface area contributed by atoms with Crippen LogP contribution in [-0.2, 0) is 25.0 Å². The predicted molar refractivity (Wildman–Crippen MR) is 71.5 cm³/mol. The zero-order chi connectivity index (χ0) is 15.9. The van der Waals surface area contributed by atoms with Gasteiger partial charge >= 0.3 is 12.1 Å². The van der Waals surface area contributed by atoms with Crippen molar-refractivity contribution < 1.29 is 22.7 Å². The number of aryl methyl sites for hydroxylation is 2. The molecule has 0 aromatic carbocycles. The average Bonchev–Trinajstić information content (AvgIpc) is 2.62. The number of carbonyl (C=O) groups excluding carboxylic acids is 1. The van der Waals surface area contributed by atoms with E-state index in [2.05, 4.69) is 9.72 Å². The van der Waals surface area contributed by atoms with Crippen LogP contribution in [0.25, 0.3) is 11.2 Å². The molecule has 0 fully saturated rings. The van der Waals surface area contributed by atoms with E-state index in [1.165, 1.54) is 23.1 Å². The molecular weight excluding hydrogens is 307 g/mol. The minimum Gasteiger partial charge on any atom is -0.462 e. The fourth-order valence-corrected chi connectivity index (χ4v) is 2.17. The van der Waals surface area contributed by atoms with Crippen molar-refractivity contribution in [3.8, 4) is 0 Å². The quantitative estimate of drug-likeness (QED) is 0.631. The summed E-state index contributed by atoms with van der Waals surface area (Å²) < 4.78 is 47.1. The third kappa shape index (κ3) is 2.53. The van der Waals surface area contributed by atoms with E-state index in [4.69, 9.17) is 12.2 Å². The highest BCUT2D eigenvalue weighted by atomic mass is 32.1. The minimum absolute atomic E-state index is 0.0264. The van der Waals surface area contributed by atoms with Gasteiger partial charge in [0.05, 0.1) is 17.7 Å². The van der Waals surface area contributed by atoms with Crippen LogP contribution < -0.4 is 0 Å². The molecule has 5 nitrogen and oxygen atoms in total. The lowest BCUT2D eigenvalue weighted by Crippen LogP contribution is -2.18. The van der Waals surface area contributed by atoms with Gasteiger partial charge in [0.15, 0.2) is 16.1 Å². The third-order valence-corrected chi connectivity index (χ3v) is 3.55. The molecule has 21 heavy (non-hydrogen) atoms. The van der Waals surface area contributed by atoms with Crippen molar-refractivity contribution in [3.63, 3.8) is 0 Å². The fraction of sp³-hybridized carbons (Fsp3) is 0.417. The van der Waals surface area contributed by atoms with Crippen molar-refractivity contribution in [1.29, 1.82) is 0 Å². The molecule has 114 valence electrons. The van der Waals surface area contributed by atoms with Crippen molar-refractivity contribution in [1.82, 2.24) is 14.1 Å². The zero-order valence-electron chi connectivity index (χ0n) is 11.5. The van der Waals surface area contributed by atoms with Gasteiger partial charge in [-0.05, 0) is 25.2 Å². The van der Waals surface area contributed by atoms with Crippen LogP contribution in [0.15, 0.2) is 6.07 Å². The van der Waals surface area contributed by atoms with Gasteiger partial charge in [-0.3, -0.25) is 0 Å². The molecule has 2 rings (SSSR count). The Morgan fingerprint density at radius 2 is 2.00 bits per heavy atom. The molecule has 0 unspecified atom stereocenters. The number of carbonyl (C=O) groups is 1. The zero-order valence-corrected chi connectivity index (χ0v) is 12.3. The molecule has 0 saturated heterocycles. The van der Waals surface area contributed by atoms with Crippen molar-refractivity contribution >= 4 is 29.4 Å². The molecular formula is C12H12F3N3O2S. The van der Waals surface area contributed by atoms with Crippen molar-refractivity contribution in [3.05, 3.63) is 22.1 Å². The smallest absolute Gasteiger partial charge is 0.434 e. The molecule has 2 aromatic rings. The maximum Gasteiger partial charge on any atom is 0.434 e. The Labute approximate surface area is 123 Å². The number of fused-ring (bicyclic) bond motifs is 1. The third-order valence-electron chi connectivity index (χ3n) is 3.00. The first kappa shape index (κ1) is 15.5. The molecule has 0 radical (unpaired) electrons. The highest BCUT2D eigenvalue weighted by Crippen LogP contribution is 2.33. The van der Waals surface area contributed by atoms with Crippen LogP contribution in [-0.4, -0.2) is 26.7 Å². The number of hydrogen-bond acceptors (Lipinski definition) is 4. The number of rotatable bonds is 2. The first-order chi connectivity index (χ1) is 9.68. The average molecular weight is 319 g/mol. The second-order valence-corrected chi connectivity index (χ2v) is 4.71. The van der Waals surface area contributed by atoms with Gasteiger partial charge in [0, 0.05) is 14.1 Å². The standard InChI is InChI=1S/C12H12F3N3O2S/c1-4-20-10(19)6-5-7-9(16-8(6)12(13,14)15)18(3)11(21)17(7)2/h5H,4H2,1-3H3. The number of halogens is 3. The van der Waals surface area contributed by atoms with E-state index in [0.29, 0.717) is 10.3 Å². The fourth-order valence-electron chi connectivity index (χ4n) is 1.99. The summed E-state index contributed by atoms with van der Waals surface area (Å²) in [6, 6.07) is 1.11. The first-order valence-corrected chi connectivity index (χ1v) is 6.40. The maximum atomic E-state index is 13.1. The minimum atomic E-state index is -4.76. The van der Waals surface area contributed by atoms with Gasteiger partial charge in [-0.15, -0.1) is 0 Å². The van der Waals surface area contributed by atoms with E-state index in [1.54, 1.807) is 7.05 Å². The van der Waals surface area contributed by atoms with E-state index in [-0.39, 0.29) is 12.3 Å². The summed E-state index contributed by atoms with van der Waals surface area (Å²) in [7, 11) is 3.11. The second-order valence-electron chi connectivity index (χ2n) is 4.35. The van der Waals surface area contributed by atoms with Crippen LogP contribution in [0.5, 0.6) is 0 Å². The molecule has 0 atom stereocenters. The Hall–Kier alpha value is -1.90. The highest BCUT2D eigenvalue weighted by molar-refractivity contribution is 7.71. The highest BCUT2D eigenvalue weighted by Gasteiger charge is 2.38. The Bertz CT molecular complexity index is 777. The molecule has 0 aliphatic rings. The van der Waals surface area contributed by atoms with Gasteiger partial charge < -0.3 is 13.9 Å². The number of pyridine rings is 1. The maximum absolute atomic E-state index is 13.1. The first-order valence-electron chi connectivity index (χ1n) is 5.99. The number of esters is 1. The summed E-state index contributed by atoms with van der Waals surface area (Å²) in [5, 5.41) is 0. The predicted octanol–water partition coefficient (Wildman–Crippen LogP) is 2.84. The lowest BCUT2D eigenvalue weighted by atomic mass is 10.1. The van der Waals surface area contributed by atoms with Crippen molar-refractivity contribution in [2.75, 3.05) is 6.61 Å². The van der Waals surface area contributed by atoms with E-state index in [9.17, 15) is 18.0 Å². The molecule has 0 aliphatic heterocycles. The van der Waals surface area contributed by atoms with E-state index < -0.39 is 23.4 Å². The van der Waals surface area contributed by atoms with Gasteiger partial charge in [0.25, 0.3) is 0 Å². The number of aromatic nitrogens is 3. The molecule has 0 spiro atoms. The van der Waals surface area contributed by atoms with Crippen molar-refractivity contribution in [2.45, 2.75) is 13.1 Å². The molecule has 2 heterocycles. The summed E-state index contributed by atoms with van der Waals surface area (Å²) in [6.45, 7) is 1.49. The Morgan fingerprint density at radius 3 is 2.52 bits per heavy atom. The lowest BCUT2D eigenvalue weighted by Gasteiger charge is -2.11. The summed E-state index contributed by atoms with van der Waals surface area (Å²) in [6.07, 6.45) is -4.76. The monoisotopic (exact) mass is 319 g/mol. The Morgan fingerprint density at radius 1 is 1.38 bits per heavy atom. The summed E-state index contributed by atoms with van der Waals surface area (Å²) in [5.41, 5.74) is -1.50. The lowest BCUT2D eigenvalue weighted by molar-refractivity contribution is -0.141. The van der Waals surface area contributed by atoms with Gasteiger partial charge in [0.2, 0.25) is 0 Å². The molecule has 0 aliphatic carbocycles. The molecule has 0 bridgehead atoms. The van der Waals surface area contributed by atoms with Gasteiger partial charge in [-0.25, -0.2) is 9.78 Å². The van der Waals surface area contributed by atoms with Crippen LogP contribution in [0.1, 0.15) is 23.0 Å². The number of alkyl halides is 3. The van der Waals surface area contributed by atoms with Crippen LogP contribution in [0.2, 0.25) is 0 Å². The largest absolute Gasteiger partial charge is 0.462 e. The van der Waals surface area contributed by atoms with E-state index in [0.717, 1.165) is 6.07 Å². The Kier molecular flexibility index (Phi) is 3.79. The van der Waals surface area contributed by atoms with Crippen LogP contribution in [0.3, 0.4) is 0 Å². The topological polar surface area (TPSA) is 49.0 Å². The summed E-state index contributed by atoms with van der Waals surface area (Å²) >= 11 is 5.08. The normalized spacial score (nSPS) is 11.9. The van der Waals surface area contributed by atoms with Gasteiger partial charge in [-0.1, -0.05) is 0 Å². The molecule has 2 aromatic heterocycles. The Balaban J connectivity index is 2.85. The van der Waals surface area contributed by atoms with Crippen LogP contribution >= 0.6 is 12.2 Å². The summed E-state index contributed by atoms with van der Waals surface area (Å²) in [5.74, 6) is -1.06. The number of hydrogen-bond donors (Lipinski definition) is 0.